The molecule has 1 aliphatic heterocycles. The SMILES string of the molecule is Cc1ccc([C@@H]2C[C@H](CCCN[C@H](C)c3cccc4ccccc34)Oc3ccccc32)cc1C(=O)N(C)C. The van der Waals surface area contributed by atoms with Crippen LogP contribution in [0.3, 0.4) is 0 Å². The minimum absolute atomic E-state index is 0.0487. The summed E-state index contributed by atoms with van der Waals surface area (Å²) in [4.78, 5) is 14.5. The van der Waals surface area contributed by atoms with Gasteiger partial charge in [-0.1, -0.05) is 72.8 Å². The summed E-state index contributed by atoms with van der Waals surface area (Å²) < 4.78 is 6.47. The predicted molar refractivity (Wildman–Crippen MR) is 156 cm³/mol. The Morgan fingerprint density at radius 3 is 2.61 bits per heavy atom. The van der Waals surface area contributed by atoms with Crippen LogP contribution in [0.5, 0.6) is 5.75 Å². The first-order chi connectivity index (χ1) is 18.4. The zero-order valence-electron chi connectivity index (χ0n) is 22.9. The van der Waals surface area contributed by atoms with E-state index in [-0.39, 0.29) is 24.0 Å². The first kappa shape index (κ1) is 26.0. The maximum atomic E-state index is 12.8. The summed E-state index contributed by atoms with van der Waals surface area (Å²) in [5.41, 5.74) is 5.52. The lowest BCUT2D eigenvalue weighted by molar-refractivity contribution is 0.0826. The number of ether oxygens (including phenoxy) is 1. The Balaban J connectivity index is 1.27. The molecule has 0 bridgehead atoms. The first-order valence-electron chi connectivity index (χ1n) is 13.7. The third kappa shape index (κ3) is 5.46. The Hall–Kier alpha value is -3.63. The molecule has 0 saturated carbocycles. The molecule has 1 amide bonds. The highest BCUT2D eigenvalue weighted by Crippen LogP contribution is 2.41. The number of fused-ring (bicyclic) bond motifs is 2. The molecule has 38 heavy (non-hydrogen) atoms. The van der Waals surface area contributed by atoms with Crippen LogP contribution in [0.4, 0.5) is 0 Å². The van der Waals surface area contributed by atoms with Gasteiger partial charge in [-0.2, -0.15) is 0 Å². The summed E-state index contributed by atoms with van der Waals surface area (Å²) in [5.74, 6) is 1.22. The van der Waals surface area contributed by atoms with Gasteiger partial charge in [0, 0.05) is 37.2 Å². The van der Waals surface area contributed by atoms with E-state index in [0.717, 1.165) is 42.7 Å². The van der Waals surface area contributed by atoms with Gasteiger partial charge in [0.2, 0.25) is 0 Å². The molecule has 0 aromatic heterocycles. The van der Waals surface area contributed by atoms with Gasteiger partial charge in [0.25, 0.3) is 5.91 Å². The van der Waals surface area contributed by atoms with Gasteiger partial charge in [-0.3, -0.25) is 4.79 Å². The maximum absolute atomic E-state index is 12.8. The minimum Gasteiger partial charge on any atom is -0.490 e. The van der Waals surface area contributed by atoms with Crippen molar-refractivity contribution in [1.29, 1.82) is 0 Å². The fraction of sp³-hybridized carbons (Fsp3) is 0.324. The van der Waals surface area contributed by atoms with Crippen molar-refractivity contribution in [3.8, 4) is 5.75 Å². The number of amides is 1. The van der Waals surface area contributed by atoms with Crippen molar-refractivity contribution in [1.82, 2.24) is 10.2 Å². The van der Waals surface area contributed by atoms with E-state index < -0.39 is 0 Å². The van der Waals surface area contributed by atoms with E-state index in [1.54, 1.807) is 4.90 Å². The summed E-state index contributed by atoms with van der Waals surface area (Å²) >= 11 is 0. The third-order valence-corrected chi connectivity index (χ3v) is 7.83. The van der Waals surface area contributed by atoms with Crippen LogP contribution in [0.2, 0.25) is 0 Å². The quantitative estimate of drug-likeness (QED) is 0.256. The number of para-hydroxylation sites is 1. The van der Waals surface area contributed by atoms with Crippen LogP contribution in [0, 0.1) is 6.92 Å². The number of nitrogens with one attached hydrogen (secondary N) is 1. The van der Waals surface area contributed by atoms with Gasteiger partial charge < -0.3 is 15.0 Å². The molecule has 1 heterocycles. The van der Waals surface area contributed by atoms with E-state index in [4.69, 9.17) is 4.74 Å². The molecular weight excluding hydrogens is 468 g/mol. The van der Waals surface area contributed by atoms with Crippen LogP contribution in [-0.2, 0) is 0 Å². The van der Waals surface area contributed by atoms with Gasteiger partial charge >= 0.3 is 0 Å². The number of aryl methyl sites for hydroxylation is 1. The molecule has 1 N–H and O–H groups in total. The molecule has 4 aromatic carbocycles. The van der Waals surface area contributed by atoms with Crippen molar-refractivity contribution >= 4 is 16.7 Å². The van der Waals surface area contributed by atoms with Gasteiger partial charge in [0.05, 0.1) is 6.10 Å². The number of hydrogen-bond donors (Lipinski definition) is 1. The normalized spacial score (nSPS) is 17.5. The van der Waals surface area contributed by atoms with Crippen molar-refractivity contribution in [3.63, 3.8) is 0 Å². The highest BCUT2D eigenvalue weighted by molar-refractivity contribution is 5.95. The fourth-order valence-corrected chi connectivity index (χ4v) is 5.70. The standard InChI is InChI=1S/C34H38N2O2/c1-23-18-19-26(21-31(23)34(37)36(3)4)32-22-27(38-33-17-8-7-15-30(32)33)13-10-20-35-24(2)28-16-9-12-25-11-5-6-14-29(25)28/h5-9,11-12,14-19,21,24,27,32,35H,10,13,20,22H2,1-4H3/t24-,27+,32+/m1/s1. The largest absolute Gasteiger partial charge is 0.490 e. The van der Waals surface area contributed by atoms with Gasteiger partial charge in [-0.25, -0.2) is 0 Å². The van der Waals surface area contributed by atoms with Gasteiger partial charge in [-0.15, -0.1) is 0 Å². The lowest BCUT2D eigenvalue weighted by Gasteiger charge is -2.33. The number of hydrogen-bond acceptors (Lipinski definition) is 3. The molecule has 4 nitrogen and oxygen atoms in total. The average Bonchev–Trinajstić information content (AvgIpc) is 2.94. The van der Waals surface area contributed by atoms with Crippen LogP contribution < -0.4 is 10.1 Å². The first-order valence-corrected chi connectivity index (χ1v) is 13.7. The van der Waals surface area contributed by atoms with Crippen molar-refractivity contribution in [2.45, 2.75) is 51.2 Å². The molecule has 1 aliphatic rings. The Labute approximate surface area is 226 Å². The van der Waals surface area contributed by atoms with E-state index >= 15 is 0 Å². The van der Waals surface area contributed by atoms with Crippen LogP contribution >= 0.6 is 0 Å². The van der Waals surface area contributed by atoms with Gasteiger partial charge in [-0.05, 0) is 79.3 Å². The van der Waals surface area contributed by atoms with Crippen LogP contribution in [0.15, 0.2) is 84.9 Å². The second-order valence-electron chi connectivity index (χ2n) is 10.7. The summed E-state index contributed by atoms with van der Waals surface area (Å²) in [6.45, 7) is 5.19. The molecule has 4 heteroatoms. The van der Waals surface area contributed by atoms with Crippen LogP contribution in [0.25, 0.3) is 10.8 Å². The van der Waals surface area contributed by atoms with E-state index in [2.05, 4.69) is 91.1 Å². The molecule has 5 rings (SSSR count). The summed E-state index contributed by atoms with van der Waals surface area (Å²) in [7, 11) is 3.62. The minimum atomic E-state index is 0.0487. The summed E-state index contributed by atoms with van der Waals surface area (Å²) in [6, 6.07) is 30.1. The second-order valence-corrected chi connectivity index (χ2v) is 10.7. The number of benzene rings is 4. The monoisotopic (exact) mass is 506 g/mol. The Morgan fingerprint density at radius 1 is 1.00 bits per heavy atom. The highest BCUT2D eigenvalue weighted by atomic mass is 16.5. The molecule has 0 saturated heterocycles. The molecule has 0 fully saturated rings. The fourth-order valence-electron chi connectivity index (χ4n) is 5.70. The second kappa shape index (κ2) is 11.4. The van der Waals surface area contributed by atoms with Crippen molar-refractivity contribution in [2.24, 2.45) is 0 Å². The van der Waals surface area contributed by atoms with E-state index in [1.165, 1.54) is 27.5 Å². The Morgan fingerprint density at radius 2 is 1.76 bits per heavy atom. The molecule has 0 radical (unpaired) electrons. The van der Waals surface area contributed by atoms with Gasteiger partial charge in [0.15, 0.2) is 0 Å². The smallest absolute Gasteiger partial charge is 0.253 e. The van der Waals surface area contributed by atoms with E-state index in [1.807, 2.05) is 27.1 Å². The van der Waals surface area contributed by atoms with Crippen LogP contribution in [-0.4, -0.2) is 37.6 Å². The Bertz CT molecular complexity index is 1420. The number of nitrogens with zero attached hydrogens (tertiary/aromatic N) is 1. The molecule has 0 aliphatic carbocycles. The van der Waals surface area contributed by atoms with Gasteiger partial charge in [0.1, 0.15) is 5.75 Å². The lowest BCUT2D eigenvalue weighted by Crippen LogP contribution is -2.28. The molecular formula is C34H38N2O2. The molecule has 0 unspecified atom stereocenters. The predicted octanol–water partition coefficient (Wildman–Crippen LogP) is 7.26. The molecule has 3 atom stereocenters. The number of rotatable bonds is 8. The molecule has 196 valence electrons. The Kier molecular flexibility index (Phi) is 7.80. The maximum Gasteiger partial charge on any atom is 0.253 e. The molecule has 0 spiro atoms. The lowest BCUT2D eigenvalue weighted by atomic mass is 9.82. The van der Waals surface area contributed by atoms with E-state index in [9.17, 15) is 4.79 Å². The zero-order chi connectivity index (χ0) is 26.6. The molecule has 4 aromatic rings. The van der Waals surface area contributed by atoms with E-state index in [0.29, 0.717) is 0 Å². The number of carbonyl (C=O) groups is 1. The topological polar surface area (TPSA) is 41.6 Å². The summed E-state index contributed by atoms with van der Waals surface area (Å²) in [6.07, 6.45) is 3.07. The van der Waals surface area contributed by atoms with Crippen LogP contribution in [0.1, 0.15) is 70.8 Å². The third-order valence-electron chi connectivity index (χ3n) is 7.83. The van der Waals surface area contributed by atoms with Crippen molar-refractivity contribution in [2.75, 3.05) is 20.6 Å². The summed E-state index contributed by atoms with van der Waals surface area (Å²) in [5, 5.41) is 6.33. The average molecular weight is 507 g/mol. The number of carbonyl (C=O) groups excluding carboxylic acids is 1. The highest BCUT2D eigenvalue weighted by Gasteiger charge is 2.30. The zero-order valence-corrected chi connectivity index (χ0v) is 22.9. The van der Waals surface area contributed by atoms with Crippen molar-refractivity contribution in [3.05, 3.63) is 113 Å². The van der Waals surface area contributed by atoms with Crippen molar-refractivity contribution < 1.29 is 9.53 Å².